The second-order valence-corrected chi connectivity index (χ2v) is 4.46. The lowest BCUT2D eigenvalue weighted by Crippen LogP contribution is -2.27. The van der Waals surface area contributed by atoms with Crippen molar-refractivity contribution in [2.24, 2.45) is 5.92 Å². The van der Waals surface area contributed by atoms with E-state index in [2.05, 4.69) is 36.4 Å². The highest BCUT2D eigenvalue weighted by Gasteiger charge is 2.06. The van der Waals surface area contributed by atoms with E-state index in [1.54, 1.807) is 12.3 Å². The predicted octanol–water partition coefficient (Wildman–Crippen LogP) is 2.29. The Balaban J connectivity index is 2.51. The van der Waals surface area contributed by atoms with E-state index in [4.69, 9.17) is 0 Å². The van der Waals surface area contributed by atoms with Gasteiger partial charge >= 0.3 is 0 Å². The Morgan fingerprint density at radius 2 is 2.18 bits per heavy atom. The molecule has 0 unspecified atom stereocenters. The molecule has 2 N–H and O–H groups in total. The van der Waals surface area contributed by atoms with Crippen LogP contribution in [0.4, 0.5) is 5.69 Å². The van der Waals surface area contributed by atoms with Gasteiger partial charge in [0, 0.05) is 13.1 Å². The quantitative estimate of drug-likeness (QED) is 0.795. The molecule has 0 atom stereocenters. The van der Waals surface area contributed by atoms with Gasteiger partial charge in [0.15, 0.2) is 0 Å². The van der Waals surface area contributed by atoms with Crippen molar-refractivity contribution in [1.29, 1.82) is 0 Å². The zero-order chi connectivity index (χ0) is 12.7. The maximum Gasteiger partial charge on any atom is 0.269 e. The standard InChI is InChI=1S/C13H21N3O/c1-4-7-14-11-5-6-12(15-9-11)13(17)16-8-10(2)3/h5-6,9-10,14H,4,7-8H2,1-3H3,(H,16,17). The molecule has 0 fully saturated rings. The Kier molecular flexibility index (Phi) is 5.46. The molecule has 17 heavy (non-hydrogen) atoms. The predicted molar refractivity (Wildman–Crippen MR) is 70.2 cm³/mol. The Bertz CT molecular complexity index is 346. The smallest absolute Gasteiger partial charge is 0.269 e. The fourth-order valence-corrected chi connectivity index (χ4v) is 1.29. The molecule has 0 aliphatic rings. The number of hydrogen-bond acceptors (Lipinski definition) is 3. The maximum absolute atomic E-state index is 11.7. The molecule has 1 heterocycles. The van der Waals surface area contributed by atoms with Crippen molar-refractivity contribution in [3.05, 3.63) is 24.0 Å². The average Bonchev–Trinajstić information content (AvgIpc) is 2.34. The first kappa shape index (κ1) is 13.5. The van der Waals surface area contributed by atoms with Crippen molar-refractivity contribution in [2.45, 2.75) is 27.2 Å². The van der Waals surface area contributed by atoms with Crippen molar-refractivity contribution >= 4 is 11.6 Å². The minimum absolute atomic E-state index is 0.110. The molecule has 4 nitrogen and oxygen atoms in total. The van der Waals surface area contributed by atoms with E-state index in [9.17, 15) is 4.79 Å². The van der Waals surface area contributed by atoms with Crippen molar-refractivity contribution < 1.29 is 4.79 Å². The van der Waals surface area contributed by atoms with Crippen LogP contribution in [0.15, 0.2) is 18.3 Å². The minimum atomic E-state index is -0.110. The van der Waals surface area contributed by atoms with Crippen LogP contribution < -0.4 is 10.6 Å². The number of rotatable bonds is 6. The highest BCUT2D eigenvalue weighted by molar-refractivity contribution is 5.92. The van der Waals surface area contributed by atoms with Gasteiger partial charge in [0.05, 0.1) is 11.9 Å². The maximum atomic E-state index is 11.7. The zero-order valence-corrected chi connectivity index (χ0v) is 10.8. The molecule has 0 saturated carbocycles. The number of carbonyl (C=O) groups excluding carboxylic acids is 1. The van der Waals surface area contributed by atoms with E-state index in [1.165, 1.54) is 0 Å². The van der Waals surface area contributed by atoms with E-state index in [1.807, 2.05) is 6.07 Å². The highest BCUT2D eigenvalue weighted by Crippen LogP contribution is 2.06. The first-order valence-corrected chi connectivity index (χ1v) is 6.11. The summed E-state index contributed by atoms with van der Waals surface area (Å²) in [5.41, 5.74) is 1.42. The molecule has 4 heteroatoms. The molecule has 0 aliphatic carbocycles. The number of anilines is 1. The normalized spacial score (nSPS) is 10.4. The summed E-state index contributed by atoms with van der Waals surface area (Å²) in [5.74, 6) is 0.338. The lowest BCUT2D eigenvalue weighted by atomic mass is 10.2. The number of hydrogen-bond donors (Lipinski definition) is 2. The van der Waals surface area contributed by atoms with Gasteiger partial charge in [0.25, 0.3) is 5.91 Å². The molecule has 0 saturated heterocycles. The van der Waals surface area contributed by atoms with Crippen LogP contribution >= 0.6 is 0 Å². The molecule has 1 aromatic heterocycles. The lowest BCUT2D eigenvalue weighted by molar-refractivity contribution is 0.0944. The molecule has 1 aromatic rings. The van der Waals surface area contributed by atoms with Gasteiger partial charge in [-0.3, -0.25) is 4.79 Å². The first-order valence-electron chi connectivity index (χ1n) is 6.11. The second-order valence-electron chi connectivity index (χ2n) is 4.46. The van der Waals surface area contributed by atoms with Gasteiger partial charge in [-0.05, 0) is 24.5 Å². The molecule has 1 rings (SSSR count). The van der Waals surface area contributed by atoms with Gasteiger partial charge in [-0.25, -0.2) is 4.98 Å². The van der Waals surface area contributed by atoms with E-state index < -0.39 is 0 Å². The zero-order valence-electron chi connectivity index (χ0n) is 10.8. The number of nitrogens with zero attached hydrogens (tertiary/aromatic N) is 1. The lowest BCUT2D eigenvalue weighted by Gasteiger charge is -2.08. The largest absolute Gasteiger partial charge is 0.384 e. The van der Waals surface area contributed by atoms with Gasteiger partial charge in [-0.15, -0.1) is 0 Å². The van der Waals surface area contributed by atoms with Gasteiger partial charge in [-0.1, -0.05) is 20.8 Å². The van der Waals surface area contributed by atoms with Crippen LogP contribution in [0.3, 0.4) is 0 Å². The van der Waals surface area contributed by atoms with Gasteiger partial charge in [0.2, 0.25) is 0 Å². The molecule has 0 spiro atoms. The van der Waals surface area contributed by atoms with Crippen LogP contribution in [0, 0.1) is 5.92 Å². The fraction of sp³-hybridized carbons (Fsp3) is 0.538. The van der Waals surface area contributed by atoms with Crippen LogP contribution in [0.2, 0.25) is 0 Å². The molecule has 0 bridgehead atoms. The summed E-state index contributed by atoms with van der Waals surface area (Å²) in [5, 5.41) is 6.06. The topological polar surface area (TPSA) is 54.0 Å². The summed E-state index contributed by atoms with van der Waals surface area (Å²) in [6.45, 7) is 7.82. The summed E-state index contributed by atoms with van der Waals surface area (Å²) in [6.07, 6.45) is 2.76. The van der Waals surface area contributed by atoms with E-state index in [0.717, 1.165) is 18.7 Å². The van der Waals surface area contributed by atoms with Crippen LogP contribution in [-0.4, -0.2) is 24.0 Å². The SMILES string of the molecule is CCCNc1ccc(C(=O)NCC(C)C)nc1. The molecule has 94 valence electrons. The number of nitrogens with one attached hydrogen (secondary N) is 2. The number of carbonyl (C=O) groups is 1. The molecule has 0 radical (unpaired) electrons. The van der Waals surface area contributed by atoms with Crippen LogP contribution in [0.1, 0.15) is 37.7 Å². The Morgan fingerprint density at radius 3 is 2.71 bits per heavy atom. The first-order chi connectivity index (χ1) is 8.13. The molecule has 0 aromatic carbocycles. The van der Waals surface area contributed by atoms with E-state index in [-0.39, 0.29) is 5.91 Å². The summed E-state index contributed by atoms with van der Waals surface area (Å²) in [7, 11) is 0. The van der Waals surface area contributed by atoms with Gasteiger partial charge in [-0.2, -0.15) is 0 Å². The van der Waals surface area contributed by atoms with Crippen molar-refractivity contribution in [1.82, 2.24) is 10.3 Å². The average molecular weight is 235 g/mol. The molecule has 0 aliphatic heterocycles. The molecular formula is C13H21N3O. The van der Waals surface area contributed by atoms with E-state index in [0.29, 0.717) is 18.2 Å². The minimum Gasteiger partial charge on any atom is -0.384 e. The highest BCUT2D eigenvalue weighted by atomic mass is 16.1. The van der Waals surface area contributed by atoms with Crippen LogP contribution in [0.25, 0.3) is 0 Å². The Hall–Kier alpha value is -1.58. The number of amides is 1. The Labute approximate surface area is 103 Å². The summed E-state index contributed by atoms with van der Waals surface area (Å²) >= 11 is 0. The van der Waals surface area contributed by atoms with Gasteiger partial charge in [0.1, 0.15) is 5.69 Å². The monoisotopic (exact) mass is 235 g/mol. The summed E-state index contributed by atoms with van der Waals surface area (Å²) < 4.78 is 0. The van der Waals surface area contributed by atoms with Gasteiger partial charge < -0.3 is 10.6 Å². The third-order valence-electron chi connectivity index (χ3n) is 2.25. The molecule has 1 amide bonds. The van der Waals surface area contributed by atoms with Crippen LogP contribution in [0.5, 0.6) is 0 Å². The van der Waals surface area contributed by atoms with E-state index >= 15 is 0 Å². The third-order valence-corrected chi connectivity index (χ3v) is 2.25. The number of aromatic nitrogens is 1. The Morgan fingerprint density at radius 1 is 1.41 bits per heavy atom. The van der Waals surface area contributed by atoms with Crippen molar-refractivity contribution in [3.63, 3.8) is 0 Å². The summed E-state index contributed by atoms with van der Waals surface area (Å²) in [4.78, 5) is 15.8. The summed E-state index contributed by atoms with van der Waals surface area (Å²) in [6, 6.07) is 3.63. The fourth-order valence-electron chi connectivity index (χ4n) is 1.29. The third kappa shape index (κ3) is 4.85. The van der Waals surface area contributed by atoms with Crippen molar-refractivity contribution in [2.75, 3.05) is 18.4 Å². The van der Waals surface area contributed by atoms with Crippen molar-refractivity contribution in [3.8, 4) is 0 Å². The van der Waals surface area contributed by atoms with Crippen LogP contribution in [-0.2, 0) is 0 Å². The second kappa shape index (κ2) is 6.89. The number of pyridine rings is 1. The molecular weight excluding hydrogens is 214 g/mol.